The van der Waals surface area contributed by atoms with Gasteiger partial charge in [-0.1, -0.05) is 6.92 Å². The van der Waals surface area contributed by atoms with Crippen molar-refractivity contribution in [3.05, 3.63) is 30.1 Å². The van der Waals surface area contributed by atoms with Gasteiger partial charge < -0.3 is 5.32 Å². The zero-order valence-electron chi connectivity index (χ0n) is 9.25. The second kappa shape index (κ2) is 3.99. The highest BCUT2D eigenvalue weighted by atomic mass is 32.1. The summed E-state index contributed by atoms with van der Waals surface area (Å²) in [6, 6.07) is 6.22. The number of rotatable bonds is 2. The smallest absolute Gasteiger partial charge is 0.189 e. The molecule has 1 fully saturated rings. The van der Waals surface area contributed by atoms with Crippen molar-refractivity contribution < 1.29 is 4.39 Å². The Morgan fingerprint density at radius 2 is 2.00 bits per heavy atom. The highest BCUT2D eigenvalue weighted by Crippen LogP contribution is 2.21. The van der Waals surface area contributed by atoms with Crippen LogP contribution in [0.25, 0.3) is 0 Å². The Balaban J connectivity index is 2.23. The molecular formula is C11H14FN3S. The maximum atomic E-state index is 12.8. The summed E-state index contributed by atoms with van der Waals surface area (Å²) in [7, 11) is 0. The molecule has 3 nitrogen and oxygen atoms in total. The summed E-state index contributed by atoms with van der Waals surface area (Å²) in [5.74, 6) is -0.250. The molecule has 0 radical (unpaired) electrons. The second-order valence-electron chi connectivity index (χ2n) is 4.04. The standard InChI is InChI=1S/C11H14FN3S/c1-3-11(2)13-10(16)15(14-11)9-6-4-8(12)5-7-9/h4-7,14H,3H2,1-2H3,(H,13,16). The zero-order chi connectivity index (χ0) is 11.8. The SMILES string of the molecule is CCC1(C)NC(=S)N(c2ccc(F)cc2)N1. The van der Waals surface area contributed by atoms with Crippen molar-refractivity contribution in [2.24, 2.45) is 0 Å². The summed E-state index contributed by atoms with van der Waals surface area (Å²) in [6.07, 6.45) is 0.894. The van der Waals surface area contributed by atoms with E-state index in [0.29, 0.717) is 5.11 Å². The number of thiocarbonyl (C=S) groups is 1. The van der Waals surface area contributed by atoms with Crippen LogP contribution in [0.15, 0.2) is 24.3 Å². The topological polar surface area (TPSA) is 27.3 Å². The minimum Gasteiger partial charge on any atom is -0.342 e. The lowest BCUT2D eigenvalue weighted by Gasteiger charge is -2.23. The molecule has 0 aromatic heterocycles. The van der Waals surface area contributed by atoms with Gasteiger partial charge in [0.1, 0.15) is 11.5 Å². The Labute approximate surface area is 99.6 Å². The predicted octanol–water partition coefficient (Wildman–Crippen LogP) is 2.15. The van der Waals surface area contributed by atoms with Crippen molar-refractivity contribution in [2.75, 3.05) is 5.01 Å². The molecular weight excluding hydrogens is 225 g/mol. The van der Waals surface area contributed by atoms with E-state index >= 15 is 0 Å². The van der Waals surface area contributed by atoms with E-state index in [4.69, 9.17) is 12.2 Å². The molecule has 1 aromatic carbocycles. The van der Waals surface area contributed by atoms with E-state index in [2.05, 4.69) is 17.7 Å². The summed E-state index contributed by atoms with van der Waals surface area (Å²) < 4.78 is 12.8. The molecule has 16 heavy (non-hydrogen) atoms. The highest BCUT2D eigenvalue weighted by molar-refractivity contribution is 7.80. The first-order valence-electron chi connectivity index (χ1n) is 5.20. The maximum absolute atomic E-state index is 12.8. The van der Waals surface area contributed by atoms with Gasteiger partial charge >= 0.3 is 0 Å². The second-order valence-corrected chi connectivity index (χ2v) is 4.43. The Morgan fingerprint density at radius 1 is 1.38 bits per heavy atom. The summed E-state index contributed by atoms with van der Waals surface area (Å²) in [5.41, 5.74) is 3.86. The average Bonchev–Trinajstić information content (AvgIpc) is 2.57. The number of hydrazine groups is 1. The number of nitrogens with zero attached hydrogens (tertiary/aromatic N) is 1. The van der Waals surface area contributed by atoms with Crippen LogP contribution in [-0.2, 0) is 0 Å². The van der Waals surface area contributed by atoms with E-state index in [9.17, 15) is 4.39 Å². The van der Waals surface area contributed by atoms with E-state index < -0.39 is 0 Å². The Bertz CT molecular complexity index is 406. The number of hydrogen-bond donors (Lipinski definition) is 2. The zero-order valence-corrected chi connectivity index (χ0v) is 10.1. The molecule has 0 spiro atoms. The van der Waals surface area contributed by atoms with Gasteiger partial charge in [-0.15, -0.1) is 0 Å². The average molecular weight is 239 g/mol. The van der Waals surface area contributed by atoms with Gasteiger partial charge in [-0.25, -0.2) is 9.82 Å². The molecule has 1 aliphatic rings. The molecule has 0 saturated carbocycles. The maximum Gasteiger partial charge on any atom is 0.189 e. The normalized spacial score (nSPS) is 24.7. The van der Waals surface area contributed by atoms with E-state index in [-0.39, 0.29) is 11.5 Å². The van der Waals surface area contributed by atoms with E-state index in [1.165, 1.54) is 12.1 Å². The van der Waals surface area contributed by atoms with Crippen molar-refractivity contribution >= 4 is 23.0 Å². The minimum atomic E-state index is -0.250. The molecule has 0 aliphatic carbocycles. The van der Waals surface area contributed by atoms with Gasteiger partial charge in [0.15, 0.2) is 5.11 Å². The highest BCUT2D eigenvalue weighted by Gasteiger charge is 2.34. The number of nitrogens with one attached hydrogen (secondary N) is 2. The van der Waals surface area contributed by atoms with Crippen LogP contribution >= 0.6 is 12.2 Å². The van der Waals surface area contributed by atoms with E-state index in [1.807, 2.05) is 6.92 Å². The lowest BCUT2D eigenvalue weighted by molar-refractivity contribution is 0.362. The van der Waals surface area contributed by atoms with Crippen molar-refractivity contribution in [3.8, 4) is 0 Å². The first kappa shape index (κ1) is 11.3. The largest absolute Gasteiger partial charge is 0.342 e. The van der Waals surface area contributed by atoms with E-state index in [1.54, 1.807) is 17.1 Å². The van der Waals surface area contributed by atoms with Gasteiger partial charge in [-0.2, -0.15) is 0 Å². The number of anilines is 1. The lowest BCUT2D eigenvalue weighted by atomic mass is 10.2. The molecule has 2 N–H and O–H groups in total. The third-order valence-electron chi connectivity index (χ3n) is 2.74. The summed E-state index contributed by atoms with van der Waals surface area (Å²) in [5, 5.41) is 5.57. The quantitative estimate of drug-likeness (QED) is 0.773. The van der Waals surface area contributed by atoms with Gasteiger partial charge in [0.05, 0.1) is 5.69 Å². The van der Waals surface area contributed by atoms with Crippen LogP contribution in [-0.4, -0.2) is 10.8 Å². The molecule has 1 aromatic rings. The number of hydrogen-bond acceptors (Lipinski definition) is 2. The van der Waals surface area contributed by atoms with Crippen LogP contribution in [0.2, 0.25) is 0 Å². The van der Waals surface area contributed by atoms with Crippen molar-refractivity contribution in [1.82, 2.24) is 10.7 Å². The lowest BCUT2D eigenvalue weighted by Crippen LogP contribution is -2.47. The Kier molecular flexibility index (Phi) is 2.82. The minimum absolute atomic E-state index is 0.231. The van der Waals surface area contributed by atoms with Crippen molar-refractivity contribution in [3.63, 3.8) is 0 Å². The predicted molar refractivity (Wildman–Crippen MR) is 66.4 cm³/mol. The van der Waals surface area contributed by atoms with Crippen LogP contribution in [0.4, 0.5) is 10.1 Å². The van der Waals surface area contributed by atoms with Crippen LogP contribution in [0, 0.1) is 5.82 Å². The summed E-state index contributed by atoms with van der Waals surface area (Å²) in [6.45, 7) is 4.10. The molecule has 1 heterocycles. The molecule has 86 valence electrons. The molecule has 0 amide bonds. The first-order chi connectivity index (χ1) is 7.54. The van der Waals surface area contributed by atoms with Gasteiger partial charge in [-0.3, -0.25) is 5.01 Å². The van der Waals surface area contributed by atoms with Crippen LogP contribution in [0.3, 0.4) is 0 Å². The molecule has 0 bridgehead atoms. The van der Waals surface area contributed by atoms with Crippen LogP contribution in [0.1, 0.15) is 20.3 Å². The summed E-state index contributed by atoms with van der Waals surface area (Å²) in [4.78, 5) is 0. The van der Waals surface area contributed by atoms with Crippen molar-refractivity contribution in [2.45, 2.75) is 25.9 Å². The molecule has 5 heteroatoms. The monoisotopic (exact) mass is 239 g/mol. The van der Waals surface area contributed by atoms with Gasteiger partial charge in [-0.05, 0) is 49.8 Å². The fourth-order valence-electron chi connectivity index (χ4n) is 1.56. The number of benzene rings is 1. The molecule has 1 unspecified atom stereocenters. The van der Waals surface area contributed by atoms with Gasteiger partial charge in [0.25, 0.3) is 0 Å². The molecule has 1 atom stereocenters. The number of halogens is 1. The molecule has 2 rings (SSSR count). The first-order valence-corrected chi connectivity index (χ1v) is 5.60. The van der Waals surface area contributed by atoms with Crippen LogP contribution in [0.5, 0.6) is 0 Å². The molecule has 1 aliphatic heterocycles. The van der Waals surface area contributed by atoms with Crippen LogP contribution < -0.4 is 15.8 Å². The van der Waals surface area contributed by atoms with Crippen molar-refractivity contribution in [1.29, 1.82) is 0 Å². The third kappa shape index (κ3) is 2.01. The van der Waals surface area contributed by atoms with Gasteiger partial charge in [0.2, 0.25) is 0 Å². The Hall–Kier alpha value is -1.20. The third-order valence-corrected chi connectivity index (χ3v) is 3.02. The van der Waals surface area contributed by atoms with E-state index in [0.717, 1.165) is 12.1 Å². The molecule has 1 saturated heterocycles. The van der Waals surface area contributed by atoms with Gasteiger partial charge in [0, 0.05) is 0 Å². The fourth-order valence-corrected chi connectivity index (χ4v) is 1.93. The fraction of sp³-hybridized carbons (Fsp3) is 0.364. The summed E-state index contributed by atoms with van der Waals surface area (Å²) >= 11 is 5.23. The Morgan fingerprint density at radius 3 is 2.50 bits per heavy atom.